The molecule has 0 spiro atoms. The molecule has 6 nitrogen and oxygen atoms in total. The van der Waals surface area contributed by atoms with Gasteiger partial charge in [0.15, 0.2) is 5.96 Å². The molecule has 0 saturated heterocycles. The number of guanidine groups is 1. The highest BCUT2D eigenvalue weighted by Gasteiger charge is 2.33. The molecule has 0 amide bonds. The lowest BCUT2D eigenvalue weighted by molar-refractivity contribution is -0.384. The van der Waals surface area contributed by atoms with Crippen molar-refractivity contribution in [3.8, 4) is 0 Å². The molecule has 23 heavy (non-hydrogen) atoms. The van der Waals surface area contributed by atoms with E-state index in [2.05, 4.69) is 29.5 Å². The Morgan fingerprint density at radius 3 is 2.61 bits per heavy atom. The topological polar surface area (TPSA) is 79.6 Å². The first-order valence-corrected chi connectivity index (χ1v) is 8.38. The Labute approximate surface area is 137 Å². The van der Waals surface area contributed by atoms with Crippen LogP contribution in [0.1, 0.15) is 38.7 Å². The van der Waals surface area contributed by atoms with Gasteiger partial charge in [0.2, 0.25) is 0 Å². The van der Waals surface area contributed by atoms with Crippen molar-refractivity contribution in [3.05, 3.63) is 39.9 Å². The predicted molar refractivity (Wildman–Crippen MR) is 92.7 cm³/mol. The number of aliphatic imine (C=N–C) groups is 1. The lowest BCUT2D eigenvalue weighted by Gasteiger charge is -2.10. The fourth-order valence-electron chi connectivity index (χ4n) is 2.43. The third kappa shape index (κ3) is 5.88. The van der Waals surface area contributed by atoms with Crippen LogP contribution in [-0.4, -0.2) is 30.0 Å². The van der Waals surface area contributed by atoms with Gasteiger partial charge in [0.25, 0.3) is 5.69 Å². The predicted octanol–water partition coefficient (Wildman–Crippen LogP) is 2.88. The van der Waals surface area contributed by atoms with E-state index in [1.807, 2.05) is 12.1 Å². The minimum Gasteiger partial charge on any atom is -0.357 e. The monoisotopic (exact) mass is 318 g/mol. The van der Waals surface area contributed by atoms with Gasteiger partial charge in [-0.3, -0.25) is 15.1 Å². The first-order valence-electron chi connectivity index (χ1n) is 8.38. The van der Waals surface area contributed by atoms with Gasteiger partial charge in [-0.1, -0.05) is 19.1 Å². The van der Waals surface area contributed by atoms with Crippen LogP contribution in [0, 0.1) is 16.0 Å². The number of non-ortho nitro benzene ring substituents is 1. The molecule has 2 atom stereocenters. The third-order valence-corrected chi connectivity index (χ3v) is 4.07. The van der Waals surface area contributed by atoms with Crippen LogP contribution < -0.4 is 10.6 Å². The molecule has 1 aromatic carbocycles. The summed E-state index contributed by atoms with van der Waals surface area (Å²) in [4.78, 5) is 14.8. The lowest BCUT2D eigenvalue weighted by Crippen LogP contribution is -2.39. The van der Waals surface area contributed by atoms with Gasteiger partial charge in [-0.05, 0) is 44.1 Å². The minimum absolute atomic E-state index is 0.147. The largest absolute Gasteiger partial charge is 0.357 e. The quantitative estimate of drug-likeness (QED) is 0.254. The van der Waals surface area contributed by atoms with E-state index in [0.717, 1.165) is 49.8 Å². The van der Waals surface area contributed by atoms with Gasteiger partial charge in [0.05, 0.1) is 4.92 Å². The Bertz CT molecular complexity index is 542. The number of nitro groups is 1. The van der Waals surface area contributed by atoms with Crippen molar-refractivity contribution in [2.45, 2.75) is 45.6 Å². The molecule has 6 heteroatoms. The summed E-state index contributed by atoms with van der Waals surface area (Å²) in [6.45, 7) is 5.98. The Balaban J connectivity index is 1.68. The highest BCUT2D eigenvalue weighted by molar-refractivity contribution is 5.80. The summed E-state index contributed by atoms with van der Waals surface area (Å²) in [6.07, 6.45) is 4.19. The maximum absolute atomic E-state index is 10.6. The molecular weight excluding hydrogens is 292 g/mol. The SMILES string of the molecule is CCNC(=NCCCCc1ccc([N+](=O)[O-])cc1)NC1CC1C. The number of hydrogen-bond acceptors (Lipinski definition) is 3. The summed E-state index contributed by atoms with van der Waals surface area (Å²) < 4.78 is 0. The smallest absolute Gasteiger partial charge is 0.269 e. The second-order valence-corrected chi connectivity index (χ2v) is 6.11. The lowest BCUT2D eigenvalue weighted by atomic mass is 10.1. The second-order valence-electron chi connectivity index (χ2n) is 6.11. The van der Waals surface area contributed by atoms with Crippen molar-refractivity contribution in [1.29, 1.82) is 0 Å². The van der Waals surface area contributed by atoms with Crippen molar-refractivity contribution in [3.63, 3.8) is 0 Å². The summed E-state index contributed by atoms with van der Waals surface area (Å²) in [5, 5.41) is 17.3. The summed E-state index contributed by atoms with van der Waals surface area (Å²) in [7, 11) is 0. The van der Waals surface area contributed by atoms with E-state index in [1.165, 1.54) is 6.42 Å². The van der Waals surface area contributed by atoms with Crippen LogP contribution in [-0.2, 0) is 6.42 Å². The second kappa shape index (κ2) is 8.50. The van der Waals surface area contributed by atoms with Crippen molar-refractivity contribution >= 4 is 11.6 Å². The third-order valence-electron chi connectivity index (χ3n) is 4.07. The van der Waals surface area contributed by atoms with E-state index >= 15 is 0 Å². The zero-order chi connectivity index (χ0) is 16.7. The number of rotatable bonds is 8. The normalized spacial score (nSPS) is 20.2. The van der Waals surface area contributed by atoms with Gasteiger partial charge in [-0.15, -0.1) is 0 Å². The van der Waals surface area contributed by atoms with Crippen LogP contribution in [0.5, 0.6) is 0 Å². The van der Waals surface area contributed by atoms with E-state index in [9.17, 15) is 10.1 Å². The van der Waals surface area contributed by atoms with Crippen LogP contribution in [0.3, 0.4) is 0 Å². The molecule has 0 aromatic heterocycles. The van der Waals surface area contributed by atoms with Crippen molar-refractivity contribution in [1.82, 2.24) is 10.6 Å². The summed E-state index contributed by atoms with van der Waals surface area (Å²) in [5.41, 5.74) is 1.28. The fraction of sp³-hybridized carbons (Fsp3) is 0.588. The molecule has 2 rings (SSSR count). The Kier molecular flexibility index (Phi) is 6.38. The minimum atomic E-state index is -0.367. The van der Waals surface area contributed by atoms with E-state index in [1.54, 1.807) is 12.1 Å². The Morgan fingerprint density at radius 1 is 1.35 bits per heavy atom. The molecule has 1 aliphatic carbocycles. The number of unbranched alkanes of at least 4 members (excludes halogenated alkanes) is 1. The zero-order valence-electron chi connectivity index (χ0n) is 13.9. The molecule has 2 unspecified atom stereocenters. The van der Waals surface area contributed by atoms with Crippen LogP contribution >= 0.6 is 0 Å². The average molecular weight is 318 g/mol. The highest BCUT2D eigenvalue weighted by Crippen LogP contribution is 2.28. The molecule has 2 N–H and O–H groups in total. The molecule has 0 aliphatic heterocycles. The number of nitro benzene ring substituents is 1. The summed E-state index contributed by atoms with van der Waals surface area (Å²) >= 11 is 0. The first-order chi connectivity index (χ1) is 11.1. The molecular formula is C17H26N4O2. The van der Waals surface area contributed by atoms with Crippen LogP contribution in [0.4, 0.5) is 5.69 Å². The Hall–Kier alpha value is -2.11. The van der Waals surface area contributed by atoms with Gasteiger partial charge in [-0.2, -0.15) is 0 Å². The van der Waals surface area contributed by atoms with Crippen LogP contribution in [0.2, 0.25) is 0 Å². The molecule has 0 heterocycles. The Morgan fingerprint density at radius 2 is 2.04 bits per heavy atom. The first kappa shape index (κ1) is 17.2. The molecule has 1 aromatic rings. The molecule has 1 saturated carbocycles. The number of benzene rings is 1. The molecule has 0 bridgehead atoms. The van der Waals surface area contributed by atoms with Gasteiger partial charge in [0.1, 0.15) is 0 Å². The average Bonchev–Trinajstić information content (AvgIpc) is 3.22. The fourth-order valence-corrected chi connectivity index (χ4v) is 2.43. The maximum atomic E-state index is 10.6. The molecule has 126 valence electrons. The zero-order valence-corrected chi connectivity index (χ0v) is 13.9. The van der Waals surface area contributed by atoms with Crippen molar-refractivity contribution in [2.75, 3.05) is 13.1 Å². The number of nitrogens with one attached hydrogen (secondary N) is 2. The van der Waals surface area contributed by atoms with E-state index in [4.69, 9.17) is 0 Å². The van der Waals surface area contributed by atoms with Crippen molar-refractivity contribution in [2.24, 2.45) is 10.9 Å². The van der Waals surface area contributed by atoms with E-state index in [-0.39, 0.29) is 10.6 Å². The summed E-state index contributed by atoms with van der Waals surface area (Å²) in [6, 6.07) is 7.38. The molecule has 1 fully saturated rings. The van der Waals surface area contributed by atoms with E-state index in [0.29, 0.717) is 6.04 Å². The standard InChI is InChI=1S/C17H26N4O2/c1-3-18-17(20-16-12-13(16)2)19-11-5-4-6-14-7-9-15(10-8-14)21(22)23/h7-10,13,16H,3-6,11-12H2,1-2H3,(H2,18,19,20). The molecule has 1 aliphatic rings. The van der Waals surface area contributed by atoms with E-state index < -0.39 is 0 Å². The van der Waals surface area contributed by atoms with Crippen molar-refractivity contribution < 1.29 is 4.92 Å². The van der Waals surface area contributed by atoms with Gasteiger partial charge < -0.3 is 10.6 Å². The number of hydrogen-bond donors (Lipinski definition) is 2. The molecule has 0 radical (unpaired) electrons. The van der Waals surface area contributed by atoms with Gasteiger partial charge in [0, 0.05) is 31.3 Å². The highest BCUT2D eigenvalue weighted by atomic mass is 16.6. The van der Waals surface area contributed by atoms with Gasteiger partial charge >= 0.3 is 0 Å². The number of aryl methyl sites for hydroxylation is 1. The van der Waals surface area contributed by atoms with Crippen LogP contribution in [0.15, 0.2) is 29.3 Å². The summed E-state index contributed by atoms with van der Waals surface area (Å²) in [5.74, 6) is 1.66. The van der Waals surface area contributed by atoms with Crippen LogP contribution in [0.25, 0.3) is 0 Å². The number of nitrogens with zero attached hydrogens (tertiary/aromatic N) is 2. The van der Waals surface area contributed by atoms with Gasteiger partial charge in [-0.25, -0.2) is 0 Å². The maximum Gasteiger partial charge on any atom is 0.269 e.